The van der Waals surface area contributed by atoms with Crippen LogP contribution in [-0.2, 0) is 4.74 Å². The van der Waals surface area contributed by atoms with E-state index in [-0.39, 0.29) is 0 Å². The summed E-state index contributed by atoms with van der Waals surface area (Å²) >= 11 is 1.44. The Morgan fingerprint density at radius 2 is 2.28 bits per heavy atom. The predicted octanol–water partition coefficient (Wildman–Crippen LogP) is 2.80. The van der Waals surface area contributed by atoms with Crippen LogP contribution in [0.25, 0.3) is 0 Å². The highest BCUT2D eigenvalue weighted by atomic mass is 32.2. The smallest absolute Gasteiger partial charge is 0.338 e. The molecular formula is C13H19NO3S. The minimum absolute atomic E-state index is 0.328. The molecular weight excluding hydrogens is 250 g/mol. The van der Waals surface area contributed by atoms with E-state index in [1.54, 1.807) is 13.2 Å². The van der Waals surface area contributed by atoms with E-state index in [0.717, 1.165) is 4.90 Å². The van der Waals surface area contributed by atoms with Crippen molar-refractivity contribution >= 4 is 23.4 Å². The van der Waals surface area contributed by atoms with Crippen molar-refractivity contribution in [2.75, 3.05) is 31.8 Å². The standard InChI is InChI=1S/C13H19NO3S/c1-9(8-17-2)7-14-10-5-4-6-11(18-3)12(10)13(15)16/h4-6,9,14H,7-8H2,1-3H3,(H,15,16). The van der Waals surface area contributed by atoms with E-state index in [1.165, 1.54) is 11.8 Å². The summed E-state index contributed by atoms with van der Waals surface area (Å²) in [5.74, 6) is -0.573. The number of methoxy groups -OCH3 is 1. The maximum atomic E-state index is 11.3. The van der Waals surface area contributed by atoms with Crippen LogP contribution in [0.1, 0.15) is 17.3 Å². The quantitative estimate of drug-likeness (QED) is 0.745. The van der Waals surface area contributed by atoms with Gasteiger partial charge in [0.25, 0.3) is 0 Å². The maximum Gasteiger partial charge on any atom is 0.338 e. The second-order valence-corrected chi connectivity index (χ2v) is 4.98. The van der Waals surface area contributed by atoms with E-state index >= 15 is 0 Å². The third-order valence-corrected chi connectivity index (χ3v) is 3.33. The molecule has 1 atom stereocenters. The molecule has 0 aliphatic heterocycles. The van der Waals surface area contributed by atoms with Crippen LogP contribution >= 0.6 is 11.8 Å². The summed E-state index contributed by atoms with van der Waals surface area (Å²) < 4.78 is 5.05. The molecule has 0 spiro atoms. The summed E-state index contributed by atoms with van der Waals surface area (Å²) in [6.45, 7) is 3.39. The number of carboxylic acid groups (broad SMARTS) is 1. The van der Waals surface area contributed by atoms with E-state index in [2.05, 4.69) is 12.2 Å². The lowest BCUT2D eigenvalue weighted by Crippen LogP contribution is -2.17. The lowest BCUT2D eigenvalue weighted by molar-refractivity contribution is 0.0694. The Morgan fingerprint density at radius 3 is 2.83 bits per heavy atom. The minimum atomic E-state index is -0.901. The van der Waals surface area contributed by atoms with E-state index in [1.807, 2.05) is 18.4 Å². The molecule has 0 aliphatic rings. The molecule has 0 bridgehead atoms. The minimum Gasteiger partial charge on any atom is -0.478 e. The fourth-order valence-electron chi connectivity index (χ4n) is 1.70. The number of hydrogen-bond donors (Lipinski definition) is 2. The number of ether oxygens (including phenoxy) is 1. The van der Waals surface area contributed by atoms with Gasteiger partial charge in [-0.25, -0.2) is 4.79 Å². The monoisotopic (exact) mass is 269 g/mol. The second kappa shape index (κ2) is 7.28. The fraction of sp³-hybridized carbons (Fsp3) is 0.462. The second-order valence-electron chi connectivity index (χ2n) is 4.13. The predicted molar refractivity (Wildman–Crippen MR) is 74.7 cm³/mol. The summed E-state index contributed by atoms with van der Waals surface area (Å²) in [7, 11) is 1.66. The molecule has 5 heteroatoms. The summed E-state index contributed by atoms with van der Waals surface area (Å²) in [5, 5.41) is 12.4. The lowest BCUT2D eigenvalue weighted by Gasteiger charge is -2.15. The van der Waals surface area contributed by atoms with E-state index in [0.29, 0.717) is 30.3 Å². The third kappa shape index (κ3) is 3.92. The van der Waals surface area contributed by atoms with Gasteiger partial charge in [-0.05, 0) is 24.3 Å². The number of thioether (sulfide) groups is 1. The molecule has 1 aromatic carbocycles. The van der Waals surface area contributed by atoms with Crippen molar-refractivity contribution in [3.05, 3.63) is 23.8 Å². The van der Waals surface area contributed by atoms with Crippen molar-refractivity contribution in [1.29, 1.82) is 0 Å². The first-order valence-corrected chi connectivity index (χ1v) is 6.95. The first-order chi connectivity index (χ1) is 8.60. The summed E-state index contributed by atoms with van der Waals surface area (Å²) in [5.41, 5.74) is 1.01. The van der Waals surface area contributed by atoms with E-state index < -0.39 is 5.97 Å². The van der Waals surface area contributed by atoms with E-state index in [4.69, 9.17) is 4.74 Å². The van der Waals surface area contributed by atoms with Gasteiger partial charge in [-0.2, -0.15) is 0 Å². The highest BCUT2D eigenvalue weighted by molar-refractivity contribution is 7.98. The number of carbonyl (C=O) groups is 1. The van der Waals surface area contributed by atoms with Gasteiger partial charge < -0.3 is 15.2 Å². The summed E-state index contributed by atoms with van der Waals surface area (Å²) in [4.78, 5) is 12.1. The Labute approximate surface area is 112 Å². The zero-order chi connectivity index (χ0) is 13.5. The molecule has 0 saturated carbocycles. The number of benzene rings is 1. The molecule has 0 aliphatic carbocycles. The Hall–Kier alpha value is -1.20. The number of aromatic carboxylic acids is 1. The summed E-state index contributed by atoms with van der Waals surface area (Å²) in [6, 6.07) is 5.47. The maximum absolute atomic E-state index is 11.3. The molecule has 0 fully saturated rings. The Morgan fingerprint density at radius 1 is 1.56 bits per heavy atom. The van der Waals surface area contributed by atoms with Crippen LogP contribution in [0.4, 0.5) is 5.69 Å². The Balaban J connectivity index is 2.85. The van der Waals surface area contributed by atoms with Gasteiger partial charge in [-0.3, -0.25) is 0 Å². The Kier molecular flexibility index (Phi) is 6.01. The number of anilines is 1. The number of hydrogen-bond acceptors (Lipinski definition) is 4. The topological polar surface area (TPSA) is 58.6 Å². The van der Waals surface area contributed by atoms with Gasteiger partial charge in [0.05, 0.1) is 12.2 Å². The van der Waals surface area contributed by atoms with Gasteiger partial charge in [0, 0.05) is 24.2 Å². The average molecular weight is 269 g/mol. The van der Waals surface area contributed by atoms with Gasteiger partial charge in [-0.15, -0.1) is 11.8 Å². The highest BCUT2D eigenvalue weighted by Gasteiger charge is 2.15. The molecule has 1 aromatic rings. The van der Waals surface area contributed by atoms with Crippen molar-refractivity contribution in [1.82, 2.24) is 0 Å². The van der Waals surface area contributed by atoms with Gasteiger partial charge >= 0.3 is 5.97 Å². The van der Waals surface area contributed by atoms with Gasteiger partial charge in [0.1, 0.15) is 0 Å². The van der Waals surface area contributed by atoms with Crippen molar-refractivity contribution in [2.24, 2.45) is 5.92 Å². The molecule has 2 N–H and O–H groups in total. The molecule has 0 aromatic heterocycles. The normalized spacial score (nSPS) is 12.2. The SMILES string of the molecule is COCC(C)CNc1cccc(SC)c1C(=O)O. The zero-order valence-electron chi connectivity index (χ0n) is 10.9. The first kappa shape index (κ1) is 14.9. The first-order valence-electron chi connectivity index (χ1n) is 5.73. The van der Waals surface area contributed by atoms with Gasteiger partial charge in [0.2, 0.25) is 0 Å². The molecule has 0 radical (unpaired) electrons. The number of nitrogens with one attached hydrogen (secondary N) is 1. The van der Waals surface area contributed by atoms with Gasteiger partial charge in [-0.1, -0.05) is 13.0 Å². The highest BCUT2D eigenvalue weighted by Crippen LogP contribution is 2.27. The van der Waals surface area contributed by atoms with Crippen LogP contribution < -0.4 is 5.32 Å². The molecule has 0 amide bonds. The summed E-state index contributed by atoms with van der Waals surface area (Å²) in [6.07, 6.45) is 1.87. The van der Waals surface area contributed by atoms with Crippen LogP contribution in [0.2, 0.25) is 0 Å². The molecule has 0 heterocycles. The van der Waals surface area contributed by atoms with Crippen molar-refractivity contribution in [3.63, 3.8) is 0 Å². The molecule has 100 valence electrons. The Bertz CT molecular complexity index is 409. The van der Waals surface area contributed by atoms with Crippen molar-refractivity contribution in [2.45, 2.75) is 11.8 Å². The van der Waals surface area contributed by atoms with Crippen molar-refractivity contribution in [3.8, 4) is 0 Å². The third-order valence-electron chi connectivity index (χ3n) is 2.55. The van der Waals surface area contributed by atoms with Crippen LogP contribution in [0.3, 0.4) is 0 Å². The van der Waals surface area contributed by atoms with Crippen molar-refractivity contribution < 1.29 is 14.6 Å². The molecule has 18 heavy (non-hydrogen) atoms. The van der Waals surface area contributed by atoms with Crippen LogP contribution in [0, 0.1) is 5.92 Å². The van der Waals surface area contributed by atoms with Crippen LogP contribution in [-0.4, -0.2) is 37.6 Å². The average Bonchev–Trinajstić information content (AvgIpc) is 2.35. The largest absolute Gasteiger partial charge is 0.478 e. The zero-order valence-corrected chi connectivity index (χ0v) is 11.7. The number of rotatable bonds is 7. The van der Waals surface area contributed by atoms with E-state index in [9.17, 15) is 9.90 Å². The molecule has 4 nitrogen and oxygen atoms in total. The van der Waals surface area contributed by atoms with Crippen LogP contribution in [0.5, 0.6) is 0 Å². The molecule has 0 saturated heterocycles. The van der Waals surface area contributed by atoms with Gasteiger partial charge in [0.15, 0.2) is 0 Å². The lowest BCUT2D eigenvalue weighted by atomic mass is 10.1. The van der Waals surface area contributed by atoms with Crippen LogP contribution in [0.15, 0.2) is 23.1 Å². The molecule has 1 rings (SSSR count). The molecule has 1 unspecified atom stereocenters. The number of carboxylic acids is 1. The fourth-order valence-corrected chi connectivity index (χ4v) is 2.31.